The molecule has 2 aromatic rings. The Bertz CT molecular complexity index is 901. The quantitative estimate of drug-likeness (QED) is 0.412. The summed E-state index contributed by atoms with van der Waals surface area (Å²) in [4.78, 5) is 12.8. The molecule has 0 aliphatic rings. The van der Waals surface area contributed by atoms with Crippen molar-refractivity contribution in [3.05, 3.63) is 53.1 Å². The maximum Gasteiger partial charge on any atom is 0.347 e. The minimum atomic E-state index is -1.42. The lowest BCUT2D eigenvalue weighted by atomic mass is 10.0. The summed E-state index contributed by atoms with van der Waals surface area (Å²) in [5.41, 5.74) is 1.37. The Balaban J connectivity index is 2.47. The zero-order valence-electron chi connectivity index (χ0n) is 16.9. The molecule has 0 saturated carbocycles. The molecule has 0 fully saturated rings. The Morgan fingerprint density at radius 1 is 1.11 bits per heavy atom. The first-order valence-electron chi connectivity index (χ1n) is 8.68. The van der Waals surface area contributed by atoms with E-state index in [-0.39, 0.29) is 5.56 Å². The second-order valence-electron chi connectivity index (χ2n) is 7.00. The number of nitrogens with zero attached hydrogens (tertiary/aromatic N) is 1. The lowest BCUT2D eigenvalue weighted by molar-refractivity contribution is 0.0730. The van der Waals surface area contributed by atoms with E-state index < -0.39 is 21.7 Å². The smallest absolute Gasteiger partial charge is 0.347 e. The van der Waals surface area contributed by atoms with Gasteiger partial charge >= 0.3 is 5.97 Å². The third-order valence-electron chi connectivity index (χ3n) is 3.90. The second-order valence-corrected chi connectivity index (χ2v) is 8.93. The van der Waals surface area contributed by atoms with Crippen molar-refractivity contribution < 1.29 is 23.2 Å². The van der Waals surface area contributed by atoms with Gasteiger partial charge in [-0.1, -0.05) is 18.2 Å². The van der Waals surface area contributed by atoms with Crippen molar-refractivity contribution in [3.63, 3.8) is 0 Å². The van der Waals surface area contributed by atoms with Crippen LogP contribution in [0.15, 0.2) is 40.8 Å². The van der Waals surface area contributed by atoms with E-state index in [0.717, 1.165) is 0 Å². The van der Waals surface area contributed by atoms with Crippen molar-refractivity contribution in [2.24, 2.45) is 4.40 Å². The molecule has 0 aliphatic carbocycles. The first-order valence-corrected chi connectivity index (χ1v) is 9.78. The van der Waals surface area contributed by atoms with Crippen LogP contribution in [0, 0.1) is 6.92 Å². The fourth-order valence-electron chi connectivity index (χ4n) is 2.48. The molecule has 0 aromatic heterocycles. The van der Waals surface area contributed by atoms with Crippen LogP contribution < -0.4 is 14.2 Å². The van der Waals surface area contributed by atoms with Crippen molar-refractivity contribution in [2.75, 3.05) is 14.2 Å². The highest BCUT2D eigenvalue weighted by Gasteiger charge is 2.24. The Kier molecular flexibility index (Phi) is 6.96. The van der Waals surface area contributed by atoms with E-state index in [1.54, 1.807) is 37.3 Å². The van der Waals surface area contributed by atoms with Crippen molar-refractivity contribution in [2.45, 2.75) is 32.4 Å². The average molecular weight is 404 g/mol. The molecule has 6 nitrogen and oxygen atoms in total. The normalized spacial score (nSPS) is 12.6. The van der Waals surface area contributed by atoms with E-state index in [0.29, 0.717) is 28.4 Å². The zero-order valence-corrected chi connectivity index (χ0v) is 17.8. The highest BCUT2D eigenvalue weighted by molar-refractivity contribution is 7.85. The SMILES string of the molecule is COc1cc(/C=N/[S@@](=O)C(C)(C)C)c(OC)c(C)c1C(=O)Oc1ccccc1. The molecule has 0 amide bonds. The molecule has 7 heteroatoms. The number of benzene rings is 2. The molecule has 2 rings (SSSR count). The number of para-hydroxylation sites is 1. The van der Waals surface area contributed by atoms with Crippen LogP contribution in [0.5, 0.6) is 17.2 Å². The van der Waals surface area contributed by atoms with Crippen LogP contribution in [0.3, 0.4) is 0 Å². The van der Waals surface area contributed by atoms with Crippen LogP contribution in [0.4, 0.5) is 0 Å². The summed E-state index contributed by atoms with van der Waals surface area (Å²) in [7, 11) is 1.54. The maximum atomic E-state index is 12.8. The van der Waals surface area contributed by atoms with Crippen LogP contribution in [-0.2, 0) is 11.0 Å². The highest BCUT2D eigenvalue weighted by Crippen LogP contribution is 2.34. The predicted molar refractivity (Wildman–Crippen MR) is 111 cm³/mol. The van der Waals surface area contributed by atoms with Crippen molar-refractivity contribution in [1.82, 2.24) is 0 Å². The van der Waals surface area contributed by atoms with Gasteiger partial charge in [0.05, 0.1) is 19.0 Å². The number of hydrogen-bond acceptors (Lipinski definition) is 5. The maximum absolute atomic E-state index is 12.8. The largest absolute Gasteiger partial charge is 0.496 e. The Morgan fingerprint density at radius 2 is 1.75 bits per heavy atom. The highest BCUT2D eigenvalue weighted by atomic mass is 32.2. The van der Waals surface area contributed by atoms with Crippen LogP contribution >= 0.6 is 0 Å². The second kappa shape index (κ2) is 9.01. The van der Waals surface area contributed by atoms with Crippen LogP contribution in [0.2, 0.25) is 0 Å². The number of carbonyl (C=O) groups is 1. The summed E-state index contributed by atoms with van der Waals surface area (Å²) in [5.74, 6) is 0.637. The Labute approximate surface area is 168 Å². The summed E-state index contributed by atoms with van der Waals surface area (Å²) in [5, 5.41) is 0. The summed E-state index contributed by atoms with van der Waals surface area (Å²) in [6.45, 7) is 7.26. The summed E-state index contributed by atoms with van der Waals surface area (Å²) in [6, 6.07) is 10.4. The monoisotopic (exact) mass is 403 g/mol. The van der Waals surface area contributed by atoms with E-state index in [4.69, 9.17) is 14.2 Å². The third-order valence-corrected chi connectivity index (χ3v) is 5.25. The number of hydrogen-bond donors (Lipinski definition) is 0. The lowest BCUT2D eigenvalue weighted by Gasteiger charge is -2.17. The molecule has 0 bridgehead atoms. The van der Waals surface area contributed by atoms with E-state index in [2.05, 4.69) is 4.40 Å². The number of ether oxygens (including phenoxy) is 3. The molecule has 1 atom stereocenters. The van der Waals surface area contributed by atoms with Gasteiger partial charge in [-0.25, -0.2) is 9.00 Å². The number of carbonyl (C=O) groups excluding carboxylic acids is 1. The van der Waals surface area contributed by atoms with E-state index >= 15 is 0 Å². The minimum absolute atomic E-state index is 0.261. The molecule has 150 valence electrons. The van der Waals surface area contributed by atoms with Gasteiger partial charge in [0, 0.05) is 17.3 Å². The van der Waals surface area contributed by atoms with E-state index in [1.165, 1.54) is 20.4 Å². The average Bonchev–Trinajstić information content (AvgIpc) is 2.65. The molecular formula is C21H25NO5S. The van der Waals surface area contributed by atoms with Gasteiger partial charge in [-0.15, -0.1) is 0 Å². The molecule has 0 heterocycles. The van der Waals surface area contributed by atoms with Crippen molar-refractivity contribution in [3.8, 4) is 17.2 Å². The molecule has 2 aromatic carbocycles. The predicted octanol–water partition coefficient (Wildman–Crippen LogP) is 4.11. The summed E-state index contributed by atoms with van der Waals surface area (Å²) < 4.78 is 32.2. The molecule has 28 heavy (non-hydrogen) atoms. The van der Waals surface area contributed by atoms with Crippen LogP contribution in [0.25, 0.3) is 0 Å². The van der Waals surface area contributed by atoms with E-state index in [9.17, 15) is 9.00 Å². The molecule has 0 saturated heterocycles. The Morgan fingerprint density at radius 3 is 2.29 bits per heavy atom. The van der Waals surface area contributed by atoms with Gasteiger partial charge in [0.25, 0.3) is 0 Å². The molecule has 0 N–H and O–H groups in total. The van der Waals surface area contributed by atoms with Gasteiger partial charge in [0.1, 0.15) is 33.8 Å². The van der Waals surface area contributed by atoms with E-state index in [1.807, 2.05) is 26.8 Å². The van der Waals surface area contributed by atoms with Gasteiger partial charge in [0.2, 0.25) is 0 Å². The first kappa shape index (κ1) is 21.6. The van der Waals surface area contributed by atoms with Crippen LogP contribution in [0.1, 0.15) is 42.3 Å². The fourth-order valence-corrected chi connectivity index (χ4v) is 3.01. The minimum Gasteiger partial charge on any atom is -0.496 e. The number of rotatable bonds is 6. The standard InChI is InChI=1S/C21H25NO5S/c1-14-18(20(23)27-16-10-8-7-9-11-16)17(25-5)12-15(19(14)26-6)13-22-28(24)21(2,3)4/h7-13H,1-6H3/b22-13+/t28-/m0/s1. The van der Waals surface area contributed by atoms with Gasteiger partial charge in [0.15, 0.2) is 0 Å². The number of methoxy groups -OCH3 is 2. The third kappa shape index (κ3) is 4.98. The van der Waals surface area contributed by atoms with Gasteiger partial charge < -0.3 is 14.2 Å². The molecular weight excluding hydrogens is 378 g/mol. The van der Waals surface area contributed by atoms with Crippen molar-refractivity contribution in [1.29, 1.82) is 0 Å². The summed E-state index contributed by atoms with van der Waals surface area (Å²) in [6.07, 6.45) is 1.47. The molecule has 0 spiro atoms. The van der Waals surface area contributed by atoms with Gasteiger partial charge in [-0.3, -0.25) is 0 Å². The molecule has 0 aliphatic heterocycles. The number of esters is 1. The van der Waals surface area contributed by atoms with Crippen molar-refractivity contribution >= 4 is 23.2 Å². The zero-order chi connectivity index (χ0) is 20.9. The van der Waals surface area contributed by atoms with Gasteiger partial charge in [-0.2, -0.15) is 4.40 Å². The van der Waals surface area contributed by atoms with Crippen LogP contribution in [-0.4, -0.2) is 35.4 Å². The summed E-state index contributed by atoms with van der Waals surface area (Å²) >= 11 is 0. The molecule has 0 radical (unpaired) electrons. The van der Waals surface area contributed by atoms with Gasteiger partial charge in [-0.05, 0) is 45.9 Å². The Hall–Kier alpha value is -2.67. The lowest BCUT2D eigenvalue weighted by Crippen LogP contribution is -2.19. The first-order chi connectivity index (χ1) is 13.2. The topological polar surface area (TPSA) is 74.2 Å². The fraction of sp³-hybridized carbons (Fsp3) is 0.333. The molecule has 0 unspecified atom stereocenters.